The summed E-state index contributed by atoms with van der Waals surface area (Å²) in [4.78, 5) is 29.3. The van der Waals surface area contributed by atoms with E-state index in [1.165, 1.54) is 0 Å². The van der Waals surface area contributed by atoms with Crippen LogP contribution in [0.5, 0.6) is 17.2 Å². The van der Waals surface area contributed by atoms with Gasteiger partial charge in [0.05, 0.1) is 37.3 Å². The molecule has 1 aliphatic rings. The number of methoxy groups -OCH3 is 1. The van der Waals surface area contributed by atoms with Gasteiger partial charge in [0.15, 0.2) is 16.9 Å². The van der Waals surface area contributed by atoms with Gasteiger partial charge >= 0.3 is 0 Å². The van der Waals surface area contributed by atoms with Gasteiger partial charge in [0.1, 0.15) is 11.3 Å². The maximum Gasteiger partial charge on any atom is 0.295 e. The van der Waals surface area contributed by atoms with Gasteiger partial charge in [-0.3, -0.25) is 14.5 Å². The Labute approximate surface area is 229 Å². The van der Waals surface area contributed by atoms with Crippen molar-refractivity contribution in [3.8, 4) is 17.2 Å². The summed E-state index contributed by atoms with van der Waals surface area (Å²) >= 11 is 3.44. The van der Waals surface area contributed by atoms with Crippen molar-refractivity contribution in [2.24, 2.45) is 0 Å². The fraction of sp³-hybridized carbons (Fsp3) is 0.267. The summed E-state index contributed by atoms with van der Waals surface area (Å²) in [6, 6.07) is 17.2. The molecule has 7 nitrogen and oxygen atoms in total. The van der Waals surface area contributed by atoms with Crippen molar-refractivity contribution in [2.45, 2.75) is 32.7 Å². The number of hydrogen-bond acceptors (Lipinski definition) is 6. The summed E-state index contributed by atoms with van der Waals surface area (Å²) in [5.74, 6) is 1.47. The largest absolute Gasteiger partial charge is 0.494 e. The van der Waals surface area contributed by atoms with Gasteiger partial charge < -0.3 is 18.6 Å². The molecule has 38 heavy (non-hydrogen) atoms. The molecule has 1 amide bonds. The van der Waals surface area contributed by atoms with Crippen molar-refractivity contribution in [1.82, 2.24) is 0 Å². The number of hydrogen-bond donors (Lipinski definition) is 0. The molecule has 0 saturated carbocycles. The standard InChI is InChI=1S/C30H28BrNO6/c1-4-6-15-37-24-13-7-18(16-25(24)35-3)27-26-28(33)22-17-19(31)8-14-23(22)38-29(26)30(34)32(27)20-9-11-21(12-10-20)36-5-2/h7-14,16-17,27H,4-6,15H2,1-3H3. The summed E-state index contributed by atoms with van der Waals surface area (Å²) in [6.45, 7) is 5.11. The maximum atomic E-state index is 13.9. The Kier molecular flexibility index (Phi) is 7.42. The first-order valence-electron chi connectivity index (χ1n) is 12.6. The van der Waals surface area contributed by atoms with E-state index in [9.17, 15) is 9.59 Å². The van der Waals surface area contributed by atoms with Crippen LogP contribution in [0, 0.1) is 0 Å². The number of amides is 1. The normalized spacial score (nSPS) is 14.6. The highest BCUT2D eigenvalue weighted by Gasteiger charge is 2.44. The number of unbranched alkanes of at least 4 members (excludes halogenated alkanes) is 1. The number of ether oxygens (including phenoxy) is 3. The summed E-state index contributed by atoms with van der Waals surface area (Å²) in [7, 11) is 1.57. The summed E-state index contributed by atoms with van der Waals surface area (Å²) in [5, 5.41) is 0.399. The van der Waals surface area contributed by atoms with E-state index in [-0.39, 0.29) is 16.8 Å². The Bertz CT molecular complexity index is 1550. The maximum absolute atomic E-state index is 13.9. The van der Waals surface area contributed by atoms with Crippen LogP contribution in [0.25, 0.3) is 11.0 Å². The van der Waals surface area contributed by atoms with Gasteiger partial charge in [-0.1, -0.05) is 35.3 Å². The molecule has 1 aliphatic heterocycles. The van der Waals surface area contributed by atoms with Gasteiger partial charge in [0.25, 0.3) is 5.91 Å². The van der Waals surface area contributed by atoms with E-state index >= 15 is 0 Å². The molecule has 196 valence electrons. The second kappa shape index (κ2) is 10.9. The fourth-order valence-electron chi connectivity index (χ4n) is 4.70. The molecule has 2 heterocycles. The van der Waals surface area contributed by atoms with E-state index in [4.69, 9.17) is 18.6 Å². The van der Waals surface area contributed by atoms with Gasteiger partial charge in [-0.05, 0) is 73.5 Å². The number of anilines is 1. The van der Waals surface area contributed by atoms with Crippen LogP contribution in [-0.4, -0.2) is 26.2 Å². The third-order valence-electron chi connectivity index (χ3n) is 6.52. The molecule has 4 aromatic rings. The Morgan fingerprint density at radius 1 is 0.947 bits per heavy atom. The SMILES string of the molecule is CCCCOc1ccc(C2c3c(oc4ccc(Br)cc4c3=O)C(=O)N2c2ccc(OCC)cc2)cc1OC. The van der Waals surface area contributed by atoms with Crippen molar-refractivity contribution < 1.29 is 23.4 Å². The van der Waals surface area contributed by atoms with Crippen molar-refractivity contribution in [2.75, 3.05) is 25.2 Å². The van der Waals surface area contributed by atoms with Crippen LogP contribution in [0.4, 0.5) is 5.69 Å². The van der Waals surface area contributed by atoms with E-state index in [1.807, 2.05) is 37.3 Å². The average Bonchev–Trinajstić information content (AvgIpc) is 3.22. The van der Waals surface area contributed by atoms with E-state index in [1.54, 1.807) is 42.3 Å². The van der Waals surface area contributed by atoms with Crippen molar-refractivity contribution in [3.63, 3.8) is 0 Å². The topological polar surface area (TPSA) is 78.2 Å². The van der Waals surface area contributed by atoms with Crippen LogP contribution in [0.2, 0.25) is 0 Å². The second-order valence-corrected chi connectivity index (χ2v) is 9.85. The van der Waals surface area contributed by atoms with Crippen LogP contribution < -0.4 is 24.5 Å². The van der Waals surface area contributed by atoms with Crippen LogP contribution >= 0.6 is 15.9 Å². The Morgan fingerprint density at radius 3 is 2.45 bits per heavy atom. The molecule has 0 radical (unpaired) electrons. The molecule has 8 heteroatoms. The Balaban J connectivity index is 1.69. The van der Waals surface area contributed by atoms with E-state index in [0.717, 1.165) is 17.3 Å². The third-order valence-corrected chi connectivity index (χ3v) is 7.01. The van der Waals surface area contributed by atoms with Crippen molar-refractivity contribution in [1.29, 1.82) is 0 Å². The van der Waals surface area contributed by atoms with E-state index in [2.05, 4.69) is 22.9 Å². The van der Waals surface area contributed by atoms with Gasteiger partial charge in [-0.15, -0.1) is 0 Å². The number of rotatable bonds is 9. The molecular formula is C30H28BrNO6. The minimum Gasteiger partial charge on any atom is -0.494 e. The number of halogens is 1. The highest BCUT2D eigenvalue weighted by molar-refractivity contribution is 9.10. The predicted molar refractivity (Wildman–Crippen MR) is 150 cm³/mol. The van der Waals surface area contributed by atoms with E-state index < -0.39 is 11.9 Å². The van der Waals surface area contributed by atoms with Crippen LogP contribution in [0.1, 0.15) is 54.4 Å². The Morgan fingerprint density at radius 2 is 1.74 bits per heavy atom. The lowest BCUT2D eigenvalue weighted by Gasteiger charge is -2.26. The lowest BCUT2D eigenvalue weighted by Crippen LogP contribution is -2.29. The fourth-order valence-corrected chi connectivity index (χ4v) is 5.06. The molecule has 0 fully saturated rings. The lowest BCUT2D eigenvalue weighted by molar-refractivity contribution is 0.0971. The van der Waals surface area contributed by atoms with Crippen LogP contribution in [0.15, 0.2) is 74.3 Å². The first-order chi connectivity index (χ1) is 18.5. The zero-order valence-corrected chi connectivity index (χ0v) is 23.0. The average molecular weight is 578 g/mol. The van der Waals surface area contributed by atoms with Gasteiger partial charge in [0.2, 0.25) is 5.76 Å². The van der Waals surface area contributed by atoms with E-state index in [0.29, 0.717) is 52.7 Å². The first-order valence-corrected chi connectivity index (χ1v) is 13.4. The lowest BCUT2D eigenvalue weighted by atomic mass is 9.97. The molecular weight excluding hydrogens is 550 g/mol. The number of nitrogens with zero attached hydrogens (tertiary/aromatic N) is 1. The van der Waals surface area contributed by atoms with Gasteiger partial charge in [-0.25, -0.2) is 0 Å². The van der Waals surface area contributed by atoms with Crippen molar-refractivity contribution in [3.05, 3.63) is 92.2 Å². The molecule has 0 N–H and O–H groups in total. The van der Waals surface area contributed by atoms with Crippen LogP contribution in [0.3, 0.4) is 0 Å². The highest BCUT2D eigenvalue weighted by Crippen LogP contribution is 2.43. The predicted octanol–water partition coefficient (Wildman–Crippen LogP) is 6.89. The third kappa shape index (κ3) is 4.65. The number of fused-ring (bicyclic) bond motifs is 2. The quantitative estimate of drug-likeness (QED) is 0.201. The van der Waals surface area contributed by atoms with Crippen LogP contribution in [-0.2, 0) is 0 Å². The summed E-state index contributed by atoms with van der Waals surface area (Å²) in [5.41, 5.74) is 1.71. The van der Waals surface area contributed by atoms with Gasteiger partial charge in [-0.2, -0.15) is 0 Å². The van der Waals surface area contributed by atoms with Crippen molar-refractivity contribution >= 4 is 38.5 Å². The first kappa shape index (κ1) is 25.9. The minimum absolute atomic E-state index is 0.0333. The zero-order valence-electron chi connectivity index (χ0n) is 21.5. The number of benzene rings is 3. The molecule has 0 spiro atoms. The molecule has 1 atom stereocenters. The Hall–Kier alpha value is -3.78. The second-order valence-electron chi connectivity index (χ2n) is 8.93. The molecule has 3 aromatic carbocycles. The summed E-state index contributed by atoms with van der Waals surface area (Å²) in [6.07, 6.45) is 1.93. The number of carbonyl (C=O) groups excluding carboxylic acids is 1. The highest BCUT2D eigenvalue weighted by atomic mass is 79.9. The molecule has 0 aliphatic carbocycles. The zero-order chi connectivity index (χ0) is 26.8. The summed E-state index contributed by atoms with van der Waals surface area (Å²) < 4.78 is 24.0. The number of carbonyl (C=O) groups is 1. The smallest absolute Gasteiger partial charge is 0.295 e. The molecule has 0 saturated heterocycles. The van der Waals surface area contributed by atoms with Gasteiger partial charge in [0, 0.05) is 10.2 Å². The molecule has 5 rings (SSSR count). The molecule has 0 bridgehead atoms. The minimum atomic E-state index is -0.728. The molecule has 1 unspecified atom stereocenters. The monoisotopic (exact) mass is 577 g/mol. The molecule has 1 aromatic heterocycles.